The predicted octanol–water partition coefficient (Wildman–Crippen LogP) is 1.84. The van der Waals surface area contributed by atoms with E-state index in [1.165, 1.54) is 12.1 Å². The Balaban J connectivity index is 2.21. The summed E-state index contributed by atoms with van der Waals surface area (Å²) in [6.45, 7) is -2.47. The average molecular weight is 255 g/mol. The minimum absolute atomic E-state index is 0.0427. The molecule has 7 heteroatoms. The summed E-state index contributed by atoms with van der Waals surface area (Å²) in [7, 11) is 0. The molecule has 1 heterocycles. The van der Waals surface area contributed by atoms with Crippen molar-refractivity contribution < 1.29 is 17.9 Å². The smallest absolute Gasteiger partial charge is 0.387 e. The number of ether oxygens (including phenoxy) is 1. The molecule has 0 unspecified atom stereocenters. The molecule has 0 saturated carbocycles. The average Bonchev–Trinajstić information content (AvgIpc) is 2.78. The van der Waals surface area contributed by atoms with Crippen LogP contribution in [-0.2, 0) is 6.42 Å². The van der Waals surface area contributed by atoms with Crippen LogP contribution in [0.3, 0.4) is 0 Å². The Bertz CT molecular complexity index is 516. The van der Waals surface area contributed by atoms with Gasteiger partial charge in [0.1, 0.15) is 5.75 Å². The fraction of sp³-hybridized carbons (Fsp3) is 0.273. The molecule has 0 aliphatic carbocycles. The van der Waals surface area contributed by atoms with E-state index in [1.807, 2.05) is 0 Å². The summed E-state index contributed by atoms with van der Waals surface area (Å²) < 4.78 is 33.8. The van der Waals surface area contributed by atoms with Crippen LogP contribution in [0, 0.1) is 0 Å². The van der Waals surface area contributed by atoms with E-state index in [2.05, 4.69) is 14.9 Å². The SMILES string of the molecule is NCCc1nnc(-c2cccc(OC(F)F)c2)o1. The van der Waals surface area contributed by atoms with Crippen molar-refractivity contribution in [2.24, 2.45) is 5.73 Å². The molecule has 2 rings (SSSR count). The van der Waals surface area contributed by atoms with E-state index in [0.717, 1.165) is 0 Å². The molecule has 0 aliphatic heterocycles. The van der Waals surface area contributed by atoms with Crippen molar-refractivity contribution in [2.75, 3.05) is 6.54 Å². The van der Waals surface area contributed by atoms with Crippen LogP contribution in [0.25, 0.3) is 11.5 Å². The molecule has 0 bridgehead atoms. The molecule has 18 heavy (non-hydrogen) atoms. The summed E-state index contributed by atoms with van der Waals surface area (Å²) >= 11 is 0. The second-order valence-electron chi connectivity index (χ2n) is 3.45. The maximum Gasteiger partial charge on any atom is 0.387 e. The quantitative estimate of drug-likeness (QED) is 0.882. The van der Waals surface area contributed by atoms with Gasteiger partial charge in [0.25, 0.3) is 0 Å². The Kier molecular flexibility index (Phi) is 3.83. The molecular weight excluding hydrogens is 244 g/mol. The minimum Gasteiger partial charge on any atom is -0.435 e. The van der Waals surface area contributed by atoms with Crippen molar-refractivity contribution in [2.45, 2.75) is 13.0 Å². The monoisotopic (exact) mass is 255 g/mol. The third kappa shape index (κ3) is 3.01. The van der Waals surface area contributed by atoms with Crippen LogP contribution in [0.4, 0.5) is 8.78 Å². The first-order valence-electron chi connectivity index (χ1n) is 5.26. The molecule has 0 aliphatic rings. The number of aromatic nitrogens is 2. The van der Waals surface area contributed by atoms with Gasteiger partial charge in [-0.3, -0.25) is 0 Å². The number of alkyl halides is 2. The van der Waals surface area contributed by atoms with Gasteiger partial charge in [0.15, 0.2) is 0 Å². The van der Waals surface area contributed by atoms with Gasteiger partial charge in [0.2, 0.25) is 11.8 Å². The van der Waals surface area contributed by atoms with E-state index >= 15 is 0 Å². The first kappa shape index (κ1) is 12.4. The van der Waals surface area contributed by atoms with Crippen LogP contribution in [0.1, 0.15) is 5.89 Å². The number of halogens is 2. The summed E-state index contributed by atoms with van der Waals surface area (Å²) in [5, 5.41) is 7.60. The molecule has 96 valence electrons. The number of nitrogens with two attached hydrogens (primary N) is 1. The van der Waals surface area contributed by atoms with E-state index in [1.54, 1.807) is 12.1 Å². The highest BCUT2D eigenvalue weighted by atomic mass is 19.3. The van der Waals surface area contributed by atoms with Gasteiger partial charge >= 0.3 is 6.61 Å². The fourth-order valence-corrected chi connectivity index (χ4v) is 1.40. The zero-order chi connectivity index (χ0) is 13.0. The van der Waals surface area contributed by atoms with Crippen LogP contribution < -0.4 is 10.5 Å². The largest absolute Gasteiger partial charge is 0.435 e. The molecule has 2 N–H and O–H groups in total. The molecular formula is C11H11F2N3O2. The van der Waals surface area contributed by atoms with Gasteiger partial charge in [0, 0.05) is 18.5 Å². The van der Waals surface area contributed by atoms with E-state index < -0.39 is 6.61 Å². The Hall–Kier alpha value is -2.02. The molecule has 0 amide bonds. The highest BCUT2D eigenvalue weighted by Gasteiger charge is 2.10. The molecule has 1 aromatic carbocycles. The van der Waals surface area contributed by atoms with E-state index in [4.69, 9.17) is 10.2 Å². The van der Waals surface area contributed by atoms with Crippen LogP contribution in [-0.4, -0.2) is 23.4 Å². The van der Waals surface area contributed by atoms with Crippen molar-refractivity contribution in [3.05, 3.63) is 30.2 Å². The van der Waals surface area contributed by atoms with Crippen LogP contribution in [0.15, 0.2) is 28.7 Å². The highest BCUT2D eigenvalue weighted by Crippen LogP contribution is 2.23. The predicted molar refractivity (Wildman–Crippen MR) is 59.1 cm³/mol. The summed E-state index contributed by atoms with van der Waals surface area (Å²) in [4.78, 5) is 0. The topological polar surface area (TPSA) is 74.2 Å². The molecule has 5 nitrogen and oxygen atoms in total. The lowest BCUT2D eigenvalue weighted by Crippen LogP contribution is -2.02. The van der Waals surface area contributed by atoms with Gasteiger partial charge in [-0.05, 0) is 18.2 Å². The maximum atomic E-state index is 12.1. The van der Waals surface area contributed by atoms with Gasteiger partial charge in [-0.15, -0.1) is 10.2 Å². The Morgan fingerprint density at radius 1 is 1.33 bits per heavy atom. The first-order chi connectivity index (χ1) is 8.69. The van der Waals surface area contributed by atoms with E-state index in [-0.39, 0.29) is 11.6 Å². The molecule has 0 fully saturated rings. The number of hydrogen-bond donors (Lipinski definition) is 1. The second-order valence-corrected chi connectivity index (χ2v) is 3.45. The number of rotatable bonds is 5. The highest BCUT2D eigenvalue weighted by molar-refractivity contribution is 5.55. The third-order valence-electron chi connectivity index (χ3n) is 2.13. The van der Waals surface area contributed by atoms with Crippen molar-refractivity contribution in [1.82, 2.24) is 10.2 Å². The summed E-state index contributed by atoms with van der Waals surface area (Å²) in [5.74, 6) is 0.701. The zero-order valence-electron chi connectivity index (χ0n) is 9.35. The van der Waals surface area contributed by atoms with Gasteiger partial charge in [-0.1, -0.05) is 6.07 Å². The number of nitrogens with zero attached hydrogens (tertiary/aromatic N) is 2. The second kappa shape index (κ2) is 5.54. The Morgan fingerprint density at radius 2 is 2.17 bits per heavy atom. The molecule has 2 aromatic rings. The Labute approximate surface area is 102 Å². The van der Waals surface area contributed by atoms with Crippen LogP contribution >= 0.6 is 0 Å². The van der Waals surface area contributed by atoms with E-state index in [0.29, 0.717) is 24.4 Å². The van der Waals surface area contributed by atoms with Crippen molar-refractivity contribution in [3.8, 4) is 17.2 Å². The number of benzene rings is 1. The summed E-state index contributed by atoms with van der Waals surface area (Å²) in [6.07, 6.45) is 0.472. The number of hydrogen-bond acceptors (Lipinski definition) is 5. The molecule has 0 radical (unpaired) electrons. The van der Waals surface area contributed by atoms with Gasteiger partial charge in [0.05, 0.1) is 0 Å². The first-order valence-corrected chi connectivity index (χ1v) is 5.26. The Morgan fingerprint density at radius 3 is 2.89 bits per heavy atom. The zero-order valence-corrected chi connectivity index (χ0v) is 9.35. The summed E-state index contributed by atoms with van der Waals surface area (Å²) in [6, 6.07) is 6.07. The fourth-order valence-electron chi connectivity index (χ4n) is 1.40. The summed E-state index contributed by atoms with van der Waals surface area (Å²) in [5.41, 5.74) is 5.87. The van der Waals surface area contributed by atoms with Crippen LogP contribution in [0.2, 0.25) is 0 Å². The van der Waals surface area contributed by atoms with Crippen molar-refractivity contribution >= 4 is 0 Å². The van der Waals surface area contributed by atoms with E-state index in [9.17, 15) is 8.78 Å². The molecule has 0 saturated heterocycles. The lowest BCUT2D eigenvalue weighted by molar-refractivity contribution is -0.0498. The lowest BCUT2D eigenvalue weighted by atomic mass is 10.2. The van der Waals surface area contributed by atoms with Crippen LogP contribution in [0.5, 0.6) is 5.75 Å². The van der Waals surface area contributed by atoms with Crippen molar-refractivity contribution in [3.63, 3.8) is 0 Å². The molecule has 0 spiro atoms. The van der Waals surface area contributed by atoms with Gasteiger partial charge in [-0.2, -0.15) is 8.78 Å². The maximum absolute atomic E-state index is 12.1. The standard InChI is InChI=1S/C11H11F2N3O2/c12-11(13)17-8-3-1-2-7(6-8)10-16-15-9(18-10)4-5-14/h1-3,6,11H,4-5,14H2. The van der Waals surface area contributed by atoms with Gasteiger partial charge in [-0.25, -0.2) is 0 Å². The van der Waals surface area contributed by atoms with Crippen molar-refractivity contribution in [1.29, 1.82) is 0 Å². The van der Waals surface area contributed by atoms with Gasteiger partial charge < -0.3 is 14.9 Å². The molecule has 0 atom stereocenters. The lowest BCUT2D eigenvalue weighted by Gasteiger charge is -2.04. The molecule has 1 aromatic heterocycles. The third-order valence-corrected chi connectivity index (χ3v) is 2.13. The normalized spacial score (nSPS) is 10.9. The minimum atomic E-state index is -2.87.